The normalized spacial score (nSPS) is 57.4. The Bertz CT molecular complexity index is 819. The van der Waals surface area contributed by atoms with Crippen LogP contribution < -0.4 is 0 Å². The minimum Gasteiger partial charge on any atom is -0.396 e. The second-order valence-electron chi connectivity index (χ2n) is 14.7. The zero-order chi connectivity index (χ0) is 24.2. The molecule has 3 N–H and O–H groups in total. The summed E-state index contributed by atoms with van der Waals surface area (Å²) in [6, 6.07) is 0. The average Bonchev–Trinajstić information content (AvgIpc) is 3.13. The van der Waals surface area contributed by atoms with Crippen LogP contribution in [0.2, 0.25) is 0 Å². The van der Waals surface area contributed by atoms with Gasteiger partial charge >= 0.3 is 0 Å². The van der Waals surface area contributed by atoms with Gasteiger partial charge in [0.25, 0.3) is 0 Å². The predicted octanol–water partition coefficient (Wildman–Crippen LogP) is 5.97. The number of aliphatic hydroxyl groups excluding tert-OH is 3. The van der Waals surface area contributed by atoms with Crippen LogP contribution in [0.15, 0.2) is 12.2 Å². The summed E-state index contributed by atoms with van der Waals surface area (Å²) in [7, 11) is 0. The molecule has 3 nitrogen and oxygen atoms in total. The Balaban J connectivity index is 1.56. The average molecular weight is 459 g/mol. The molecule has 0 unspecified atom stereocenters. The Kier molecular flexibility index (Phi) is 5.40. The monoisotopic (exact) mass is 458 g/mol. The molecule has 5 fully saturated rings. The molecule has 0 bridgehead atoms. The maximum Gasteiger partial charge on any atom is 0.0852 e. The fourth-order valence-electron chi connectivity index (χ4n) is 11.7. The van der Waals surface area contributed by atoms with Gasteiger partial charge in [-0.15, -0.1) is 0 Å². The lowest BCUT2D eigenvalue weighted by Gasteiger charge is -2.73. The van der Waals surface area contributed by atoms with Crippen LogP contribution in [0, 0.1) is 56.7 Å². The van der Waals surface area contributed by atoms with Gasteiger partial charge in [0.2, 0.25) is 0 Å². The van der Waals surface area contributed by atoms with Gasteiger partial charge in [-0.1, -0.05) is 46.8 Å². The fraction of sp³-hybridized carbons (Fsp3) is 0.933. The Labute approximate surface area is 202 Å². The van der Waals surface area contributed by atoms with Crippen molar-refractivity contribution in [3.05, 3.63) is 12.2 Å². The van der Waals surface area contributed by atoms with Crippen LogP contribution in [0.5, 0.6) is 0 Å². The molecule has 11 atom stereocenters. The highest BCUT2D eigenvalue weighted by molar-refractivity contribution is 5.22. The van der Waals surface area contributed by atoms with Crippen LogP contribution in [0.1, 0.15) is 99.3 Å². The first-order chi connectivity index (χ1) is 15.3. The summed E-state index contributed by atoms with van der Waals surface area (Å²) in [5.41, 5.74) is 1.75. The van der Waals surface area contributed by atoms with E-state index in [4.69, 9.17) is 0 Å². The van der Waals surface area contributed by atoms with E-state index in [9.17, 15) is 15.3 Å². The third kappa shape index (κ3) is 2.85. The Morgan fingerprint density at radius 2 is 1.55 bits per heavy atom. The second kappa shape index (κ2) is 7.32. The molecule has 5 aliphatic carbocycles. The summed E-state index contributed by atoms with van der Waals surface area (Å²) in [6.07, 6.45) is 9.09. The number of aliphatic hydroxyl groups is 3. The van der Waals surface area contributed by atoms with Gasteiger partial charge in [-0.25, -0.2) is 0 Å². The topological polar surface area (TPSA) is 60.7 Å². The molecular weight excluding hydrogens is 408 g/mol. The van der Waals surface area contributed by atoms with E-state index in [1.807, 2.05) is 0 Å². The molecule has 3 heteroatoms. The van der Waals surface area contributed by atoms with Gasteiger partial charge in [-0.2, -0.15) is 0 Å². The number of rotatable bonds is 2. The van der Waals surface area contributed by atoms with E-state index >= 15 is 0 Å². The SMILES string of the molecule is C=C(C)[C@@H]1CC[C@]2(CO)CC[C@]3(C)[C@H](CC[C@@H]4[C@@]5(C)C[C@@H](O)[C@H](O)C(C)(C)[C@@H]5CC[C@]43C)[C@@H]12. The molecule has 5 aliphatic rings. The van der Waals surface area contributed by atoms with Gasteiger partial charge in [0.05, 0.1) is 12.2 Å². The van der Waals surface area contributed by atoms with E-state index in [1.165, 1.54) is 37.7 Å². The maximum absolute atomic E-state index is 11.0. The smallest absolute Gasteiger partial charge is 0.0852 e. The number of fused-ring (bicyclic) bond motifs is 7. The van der Waals surface area contributed by atoms with Gasteiger partial charge < -0.3 is 15.3 Å². The second-order valence-corrected chi connectivity index (χ2v) is 14.7. The molecule has 0 aromatic heterocycles. The molecular formula is C30H50O3. The van der Waals surface area contributed by atoms with E-state index in [0.717, 1.165) is 25.7 Å². The van der Waals surface area contributed by atoms with Gasteiger partial charge in [-0.05, 0) is 121 Å². The highest BCUT2D eigenvalue weighted by Crippen LogP contribution is 2.77. The van der Waals surface area contributed by atoms with Crippen molar-refractivity contribution in [1.82, 2.24) is 0 Å². The quantitative estimate of drug-likeness (QED) is 0.447. The molecule has 0 radical (unpaired) electrons. The minimum atomic E-state index is -0.624. The summed E-state index contributed by atoms with van der Waals surface area (Å²) in [5.74, 6) is 2.81. The van der Waals surface area contributed by atoms with Gasteiger partial charge in [-0.3, -0.25) is 0 Å². The summed E-state index contributed by atoms with van der Waals surface area (Å²) in [4.78, 5) is 0. The van der Waals surface area contributed by atoms with E-state index < -0.39 is 12.2 Å². The first-order valence-electron chi connectivity index (χ1n) is 13.9. The van der Waals surface area contributed by atoms with Crippen LogP contribution in [-0.2, 0) is 0 Å². The number of allylic oxidation sites excluding steroid dienone is 1. The molecule has 0 aliphatic heterocycles. The van der Waals surface area contributed by atoms with E-state index in [-0.39, 0.29) is 27.1 Å². The molecule has 33 heavy (non-hydrogen) atoms. The van der Waals surface area contributed by atoms with E-state index in [1.54, 1.807) is 0 Å². The van der Waals surface area contributed by atoms with Gasteiger partial charge in [0, 0.05) is 6.61 Å². The minimum absolute atomic E-state index is 0.0675. The van der Waals surface area contributed by atoms with Crippen LogP contribution in [0.4, 0.5) is 0 Å². The first-order valence-corrected chi connectivity index (χ1v) is 13.9. The molecule has 0 saturated heterocycles. The zero-order valence-electron chi connectivity index (χ0n) is 22.2. The van der Waals surface area contributed by atoms with Crippen LogP contribution in [0.25, 0.3) is 0 Å². The maximum atomic E-state index is 11.0. The molecule has 0 spiro atoms. The Morgan fingerprint density at radius 1 is 0.848 bits per heavy atom. The van der Waals surface area contributed by atoms with Crippen molar-refractivity contribution < 1.29 is 15.3 Å². The molecule has 0 amide bonds. The lowest BCUT2D eigenvalue weighted by atomic mass is 9.32. The largest absolute Gasteiger partial charge is 0.396 e. The highest BCUT2D eigenvalue weighted by atomic mass is 16.3. The Hall–Kier alpha value is -0.380. The summed E-state index contributed by atoms with van der Waals surface area (Å²) >= 11 is 0. The molecule has 5 saturated carbocycles. The van der Waals surface area contributed by atoms with Crippen molar-refractivity contribution in [1.29, 1.82) is 0 Å². The van der Waals surface area contributed by atoms with Gasteiger partial charge in [0.15, 0.2) is 0 Å². The summed E-state index contributed by atoms with van der Waals surface area (Å²) in [6.45, 7) is 19.1. The lowest BCUT2D eigenvalue weighted by molar-refractivity contribution is -0.264. The molecule has 0 aromatic carbocycles. The first kappa shape index (κ1) is 24.3. The van der Waals surface area contributed by atoms with E-state index in [0.29, 0.717) is 36.2 Å². The number of hydrogen-bond acceptors (Lipinski definition) is 3. The van der Waals surface area contributed by atoms with E-state index in [2.05, 4.69) is 48.1 Å². The van der Waals surface area contributed by atoms with Gasteiger partial charge in [0.1, 0.15) is 0 Å². The Morgan fingerprint density at radius 3 is 2.18 bits per heavy atom. The molecule has 0 aromatic rings. The standard InChI is InChI=1S/C30H50O3/c1-18(2)19-10-13-30(17-31)15-14-28(6)20(24(19)30)8-9-23-27(5)16-21(32)25(33)26(3,4)22(27)11-12-29(23,28)7/h19-25,31-33H,1,8-17H2,2-7H3/t19-,20+,21+,22-,23+,24+,25-,27-,28+,29+,30+/m0/s1. The molecule has 5 rings (SSSR count). The van der Waals surface area contributed by atoms with Crippen molar-refractivity contribution in [3.8, 4) is 0 Å². The van der Waals surface area contributed by atoms with Crippen LogP contribution >= 0.6 is 0 Å². The van der Waals surface area contributed by atoms with Crippen molar-refractivity contribution in [2.45, 2.75) is 112 Å². The highest BCUT2D eigenvalue weighted by Gasteiger charge is 2.71. The third-order valence-corrected chi connectivity index (χ3v) is 13.5. The zero-order valence-corrected chi connectivity index (χ0v) is 22.2. The van der Waals surface area contributed by atoms with Crippen molar-refractivity contribution in [3.63, 3.8) is 0 Å². The predicted molar refractivity (Wildman–Crippen MR) is 133 cm³/mol. The van der Waals surface area contributed by atoms with Crippen molar-refractivity contribution in [2.75, 3.05) is 6.61 Å². The van der Waals surface area contributed by atoms with Crippen LogP contribution in [0.3, 0.4) is 0 Å². The fourth-order valence-corrected chi connectivity index (χ4v) is 11.7. The van der Waals surface area contributed by atoms with Crippen molar-refractivity contribution in [2.24, 2.45) is 56.7 Å². The third-order valence-electron chi connectivity index (χ3n) is 13.5. The molecule has 188 valence electrons. The summed E-state index contributed by atoms with van der Waals surface area (Å²) in [5, 5.41) is 32.5. The lowest BCUT2D eigenvalue weighted by Crippen LogP contribution is -2.68. The molecule has 0 heterocycles. The summed E-state index contributed by atoms with van der Waals surface area (Å²) < 4.78 is 0. The van der Waals surface area contributed by atoms with Crippen molar-refractivity contribution >= 4 is 0 Å². The number of hydrogen-bond donors (Lipinski definition) is 3. The van der Waals surface area contributed by atoms with Crippen LogP contribution in [-0.4, -0.2) is 34.1 Å².